The standard InChI is InChI=1S/C14H18BrN3O2/c1-9-3-2-4-11(13(9)15)18-14(20)17-8-12(19)16-7-10-5-6-10/h2-4,10H,5-8H2,1H3,(H,16,19)(H2,17,18,20). The van der Waals surface area contributed by atoms with Gasteiger partial charge in [0.15, 0.2) is 0 Å². The van der Waals surface area contributed by atoms with Crippen molar-refractivity contribution in [2.24, 2.45) is 5.92 Å². The summed E-state index contributed by atoms with van der Waals surface area (Å²) in [4.78, 5) is 23.2. The summed E-state index contributed by atoms with van der Waals surface area (Å²) in [5.74, 6) is 0.478. The van der Waals surface area contributed by atoms with Gasteiger partial charge in [-0.25, -0.2) is 4.79 Å². The maximum absolute atomic E-state index is 11.7. The largest absolute Gasteiger partial charge is 0.354 e. The molecular weight excluding hydrogens is 322 g/mol. The van der Waals surface area contributed by atoms with Gasteiger partial charge in [0, 0.05) is 11.0 Å². The molecule has 0 radical (unpaired) electrons. The summed E-state index contributed by atoms with van der Waals surface area (Å²) in [6.45, 7) is 2.64. The SMILES string of the molecule is Cc1cccc(NC(=O)NCC(=O)NCC2CC2)c1Br. The van der Waals surface area contributed by atoms with Crippen LogP contribution in [-0.2, 0) is 4.79 Å². The van der Waals surface area contributed by atoms with E-state index in [0.717, 1.165) is 10.0 Å². The van der Waals surface area contributed by atoms with Crippen LogP contribution in [0.3, 0.4) is 0 Å². The van der Waals surface area contributed by atoms with E-state index in [1.807, 2.05) is 19.1 Å². The predicted molar refractivity (Wildman–Crippen MR) is 81.6 cm³/mol. The van der Waals surface area contributed by atoms with Crippen molar-refractivity contribution in [2.75, 3.05) is 18.4 Å². The molecular formula is C14H18BrN3O2. The molecule has 1 aromatic rings. The highest BCUT2D eigenvalue weighted by Crippen LogP contribution is 2.27. The summed E-state index contributed by atoms with van der Waals surface area (Å²) in [6, 6.07) is 5.21. The van der Waals surface area contributed by atoms with Gasteiger partial charge in [-0.05, 0) is 53.2 Å². The second-order valence-corrected chi connectivity index (χ2v) is 5.78. The fraction of sp³-hybridized carbons (Fsp3) is 0.429. The van der Waals surface area contributed by atoms with Gasteiger partial charge in [0.2, 0.25) is 5.91 Å². The van der Waals surface area contributed by atoms with Crippen molar-refractivity contribution >= 4 is 33.6 Å². The van der Waals surface area contributed by atoms with E-state index in [0.29, 0.717) is 18.2 Å². The van der Waals surface area contributed by atoms with Crippen molar-refractivity contribution < 1.29 is 9.59 Å². The van der Waals surface area contributed by atoms with Gasteiger partial charge >= 0.3 is 6.03 Å². The fourth-order valence-electron chi connectivity index (χ4n) is 1.71. The average Bonchev–Trinajstić information content (AvgIpc) is 3.23. The van der Waals surface area contributed by atoms with E-state index in [2.05, 4.69) is 31.9 Å². The number of hydrogen-bond donors (Lipinski definition) is 3. The van der Waals surface area contributed by atoms with Gasteiger partial charge in [0.1, 0.15) is 0 Å². The number of hydrogen-bond acceptors (Lipinski definition) is 2. The molecule has 0 aliphatic heterocycles. The molecule has 5 nitrogen and oxygen atoms in total. The lowest BCUT2D eigenvalue weighted by Crippen LogP contribution is -2.39. The molecule has 108 valence electrons. The molecule has 0 bridgehead atoms. The van der Waals surface area contributed by atoms with Crippen LogP contribution >= 0.6 is 15.9 Å². The number of aryl methyl sites for hydroxylation is 1. The minimum atomic E-state index is -0.391. The van der Waals surface area contributed by atoms with Gasteiger partial charge in [-0.2, -0.15) is 0 Å². The van der Waals surface area contributed by atoms with Gasteiger partial charge in [-0.1, -0.05) is 12.1 Å². The third-order valence-electron chi connectivity index (χ3n) is 3.13. The molecule has 1 fully saturated rings. The molecule has 0 unspecified atom stereocenters. The Kier molecular flexibility index (Phi) is 5.00. The number of anilines is 1. The first-order valence-corrected chi connectivity index (χ1v) is 7.42. The summed E-state index contributed by atoms with van der Waals surface area (Å²) in [5.41, 5.74) is 1.71. The summed E-state index contributed by atoms with van der Waals surface area (Å²) in [6.07, 6.45) is 2.38. The van der Waals surface area contributed by atoms with Gasteiger partial charge in [0.25, 0.3) is 0 Å². The van der Waals surface area contributed by atoms with Crippen molar-refractivity contribution in [2.45, 2.75) is 19.8 Å². The Balaban J connectivity index is 1.74. The Labute approximate surface area is 126 Å². The molecule has 3 N–H and O–H groups in total. The van der Waals surface area contributed by atoms with Gasteiger partial charge in [-0.15, -0.1) is 0 Å². The van der Waals surface area contributed by atoms with E-state index in [4.69, 9.17) is 0 Å². The minimum absolute atomic E-state index is 0.0119. The second kappa shape index (κ2) is 6.74. The maximum Gasteiger partial charge on any atom is 0.319 e. The molecule has 1 aliphatic rings. The lowest BCUT2D eigenvalue weighted by atomic mass is 10.2. The van der Waals surface area contributed by atoms with Crippen LogP contribution in [0.5, 0.6) is 0 Å². The number of benzene rings is 1. The summed E-state index contributed by atoms with van der Waals surface area (Å²) in [5, 5.41) is 8.04. The van der Waals surface area contributed by atoms with Crippen molar-refractivity contribution in [3.8, 4) is 0 Å². The van der Waals surface area contributed by atoms with Crippen LogP contribution in [0.15, 0.2) is 22.7 Å². The molecule has 6 heteroatoms. The number of carbonyl (C=O) groups excluding carboxylic acids is 2. The molecule has 0 spiro atoms. The maximum atomic E-state index is 11.7. The van der Waals surface area contributed by atoms with Crippen LogP contribution in [0.25, 0.3) is 0 Å². The Bertz CT molecular complexity index is 515. The third kappa shape index (κ3) is 4.52. The molecule has 0 atom stereocenters. The Hall–Kier alpha value is -1.56. The first-order valence-electron chi connectivity index (χ1n) is 6.63. The topological polar surface area (TPSA) is 70.2 Å². The molecule has 3 amide bonds. The van der Waals surface area contributed by atoms with Crippen molar-refractivity contribution in [1.82, 2.24) is 10.6 Å². The molecule has 1 saturated carbocycles. The molecule has 1 aromatic carbocycles. The summed E-state index contributed by atoms with van der Waals surface area (Å²) in [7, 11) is 0. The smallest absolute Gasteiger partial charge is 0.319 e. The molecule has 20 heavy (non-hydrogen) atoms. The number of carbonyl (C=O) groups is 2. The zero-order valence-corrected chi connectivity index (χ0v) is 12.9. The lowest BCUT2D eigenvalue weighted by Gasteiger charge is -2.10. The first kappa shape index (κ1) is 14.8. The molecule has 0 heterocycles. The van der Waals surface area contributed by atoms with Crippen LogP contribution in [0.2, 0.25) is 0 Å². The van der Waals surface area contributed by atoms with Crippen molar-refractivity contribution in [3.63, 3.8) is 0 Å². The number of nitrogens with one attached hydrogen (secondary N) is 3. The number of rotatable bonds is 5. The van der Waals surface area contributed by atoms with E-state index >= 15 is 0 Å². The van der Waals surface area contributed by atoms with Crippen LogP contribution < -0.4 is 16.0 Å². The summed E-state index contributed by atoms with van der Waals surface area (Å²) >= 11 is 3.41. The van der Waals surface area contributed by atoms with E-state index in [9.17, 15) is 9.59 Å². The van der Waals surface area contributed by atoms with Gasteiger partial charge < -0.3 is 16.0 Å². The Morgan fingerprint density at radius 3 is 2.75 bits per heavy atom. The minimum Gasteiger partial charge on any atom is -0.354 e. The highest BCUT2D eigenvalue weighted by atomic mass is 79.9. The first-order chi connectivity index (χ1) is 9.56. The van der Waals surface area contributed by atoms with Crippen LogP contribution in [0.4, 0.5) is 10.5 Å². The van der Waals surface area contributed by atoms with Crippen molar-refractivity contribution in [1.29, 1.82) is 0 Å². The number of amides is 3. The Morgan fingerprint density at radius 1 is 1.30 bits per heavy atom. The third-order valence-corrected chi connectivity index (χ3v) is 4.19. The van der Waals surface area contributed by atoms with Crippen LogP contribution in [0, 0.1) is 12.8 Å². The van der Waals surface area contributed by atoms with Crippen LogP contribution in [0.1, 0.15) is 18.4 Å². The number of halogens is 1. The number of urea groups is 1. The molecule has 2 rings (SSSR count). The summed E-state index contributed by atoms with van der Waals surface area (Å²) < 4.78 is 0.841. The van der Waals surface area contributed by atoms with E-state index in [1.54, 1.807) is 6.07 Å². The van der Waals surface area contributed by atoms with Crippen molar-refractivity contribution in [3.05, 3.63) is 28.2 Å². The lowest BCUT2D eigenvalue weighted by molar-refractivity contribution is -0.120. The normalized spacial score (nSPS) is 13.7. The predicted octanol–water partition coefficient (Wildman–Crippen LogP) is 2.41. The highest BCUT2D eigenvalue weighted by molar-refractivity contribution is 9.10. The average molecular weight is 340 g/mol. The van der Waals surface area contributed by atoms with E-state index < -0.39 is 6.03 Å². The zero-order chi connectivity index (χ0) is 14.5. The van der Waals surface area contributed by atoms with Gasteiger partial charge in [-0.3, -0.25) is 4.79 Å². The second-order valence-electron chi connectivity index (χ2n) is 4.99. The van der Waals surface area contributed by atoms with Crippen LogP contribution in [-0.4, -0.2) is 25.0 Å². The molecule has 0 saturated heterocycles. The highest BCUT2D eigenvalue weighted by Gasteiger charge is 2.21. The Morgan fingerprint density at radius 2 is 2.05 bits per heavy atom. The van der Waals surface area contributed by atoms with E-state index in [-0.39, 0.29) is 12.5 Å². The van der Waals surface area contributed by atoms with E-state index in [1.165, 1.54) is 12.8 Å². The monoisotopic (exact) mass is 339 g/mol. The molecule has 0 aromatic heterocycles. The fourth-order valence-corrected chi connectivity index (χ4v) is 2.08. The quantitative estimate of drug-likeness (QED) is 0.770. The zero-order valence-electron chi connectivity index (χ0n) is 11.3. The molecule has 1 aliphatic carbocycles. The van der Waals surface area contributed by atoms with Gasteiger partial charge in [0.05, 0.1) is 12.2 Å².